The summed E-state index contributed by atoms with van der Waals surface area (Å²) in [5.74, 6) is 1.60. The second-order valence-electron chi connectivity index (χ2n) is 6.57. The van der Waals surface area contributed by atoms with Crippen molar-refractivity contribution < 1.29 is 9.53 Å². The Morgan fingerprint density at radius 3 is 2.46 bits per heavy atom. The molecule has 0 spiro atoms. The minimum Gasteiger partial charge on any atom is -0.495 e. The molecule has 1 aliphatic heterocycles. The van der Waals surface area contributed by atoms with Gasteiger partial charge in [-0.2, -0.15) is 0 Å². The minimum atomic E-state index is 0.216. The number of benzene rings is 2. The van der Waals surface area contributed by atoms with Crippen molar-refractivity contribution in [1.82, 2.24) is 4.90 Å². The first-order chi connectivity index (χ1) is 12.6. The first-order valence-corrected chi connectivity index (χ1v) is 9.93. The van der Waals surface area contributed by atoms with Gasteiger partial charge in [0.25, 0.3) is 0 Å². The average Bonchev–Trinajstić information content (AvgIpc) is 2.68. The Labute approximate surface area is 160 Å². The van der Waals surface area contributed by atoms with Gasteiger partial charge in [-0.05, 0) is 49.2 Å². The van der Waals surface area contributed by atoms with Gasteiger partial charge < -0.3 is 14.5 Å². The third-order valence-electron chi connectivity index (χ3n) is 4.90. The smallest absolute Gasteiger partial charge is 0.233 e. The number of rotatable bonds is 5. The molecule has 0 aliphatic carbocycles. The topological polar surface area (TPSA) is 32.8 Å². The highest BCUT2D eigenvalue weighted by molar-refractivity contribution is 8.00. The number of aryl methyl sites for hydroxylation is 2. The van der Waals surface area contributed by atoms with E-state index in [1.54, 1.807) is 18.9 Å². The number of thioether (sulfide) groups is 1. The number of piperazine rings is 1. The molecule has 1 amide bonds. The van der Waals surface area contributed by atoms with Crippen LogP contribution in [0, 0.1) is 13.8 Å². The van der Waals surface area contributed by atoms with E-state index in [1.165, 1.54) is 11.1 Å². The van der Waals surface area contributed by atoms with Crippen LogP contribution in [0.3, 0.4) is 0 Å². The van der Waals surface area contributed by atoms with Gasteiger partial charge in [0.2, 0.25) is 5.91 Å². The van der Waals surface area contributed by atoms with Gasteiger partial charge >= 0.3 is 0 Å². The van der Waals surface area contributed by atoms with Gasteiger partial charge in [0.1, 0.15) is 5.75 Å². The van der Waals surface area contributed by atoms with Crippen molar-refractivity contribution in [3.63, 3.8) is 0 Å². The predicted octanol–water partition coefficient (Wildman–Crippen LogP) is 3.75. The lowest BCUT2D eigenvalue weighted by atomic mass is 10.1. The molecule has 0 unspecified atom stereocenters. The zero-order chi connectivity index (χ0) is 18.5. The van der Waals surface area contributed by atoms with Crippen molar-refractivity contribution in [3.8, 4) is 5.75 Å². The van der Waals surface area contributed by atoms with Crippen LogP contribution in [0.4, 0.5) is 5.69 Å². The third-order valence-corrected chi connectivity index (χ3v) is 5.88. The number of carbonyl (C=O) groups is 1. The molecule has 0 aromatic heterocycles. The number of hydrogen-bond donors (Lipinski definition) is 0. The van der Waals surface area contributed by atoms with Gasteiger partial charge in [-0.1, -0.05) is 18.2 Å². The molecule has 0 bridgehead atoms. The largest absolute Gasteiger partial charge is 0.495 e. The number of ether oxygens (including phenoxy) is 1. The van der Waals surface area contributed by atoms with Crippen molar-refractivity contribution in [2.24, 2.45) is 0 Å². The van der Waals surface area contributed by atoms with E-state index in [-0.39, 0.29) is 5.91 Å². The Bertz CT molecular complexity index is 770. The monoisotopic (exact) mass is 370 g/mol. The predicted molar refractivity (Wildman–Crippen MR) is 108 cm³/mol. The summed E-state index contributed by atoms with van der Waals surface area (Å²) in [4.78, 5) is 18.0. The van der Waals surface area contributed by atoms with Crippen LogP contribution < -0.4 is 9.64 Å². The molecule has 3 rings (SSSR count). The van der Waals surface area contributed by atoms with E-state index in [0.29, 0.717) is 5.75 Å². The molecular formula is C21H26N2O2S. The zero-order valence-electron chi connectivity index (χ0n) is 15.7. The van der Waals surface area contributed by atoms with Gasteiger partial charge in [0.15, 0.2) is 0 Å². The Hall–Kier alpha value is -2.14. The van der Waals surface area contributed by atoms with Crippen LogP contribution in [0.15, 0.2) is 47.4 Å². The fraction of sp³-hybridized carbons (Fsp3) is 0.381. The van der Waals surface area contributed by atoms with Crippen LogP contribution in [-0.2, 0) is 4.79 Å². The Morgan fingerprint density at radius 2 is 1.77 bits per heavy atom. The van der Waals surface area contributed by atoms with Gasteiger partial charge in [-0.25, -0.2) is 0 Å². The van der Waals surface area contributed by atoms with Crippen LogP contribution in [0.2, 0.25) is 0 Å². The van der Waals surface area contributed by atoms with Gasteiger partial charge in [0, 0.05) is 31.1 Å². The van der Waals surface area contributed by atoms with E-state index >= 15 is 0 Å². The first kappa shape index (κ1) is 18.6. The summed E-state index contributed by atoms with van der Waals surface area (Å²) in [6.45, 7) is 7.39. The third kappa shape index (κ3) is 4.33. The molecule has 5 heteroatoms. The van der Waals surface area contributed by atoms with E-state index in [1.807, 2.05) is 23.1 Å². The summed E-state index contributed by atoms with van der Waals surface area (Å²) in [6, 6.07) is 14.4. The minimum absolute atomic E-state index is 0.216. The summed E-state index contributed by atoms with van der Waals surface area (Å²) >= 11 is 1.62. The fourth-order valence-electron chi connectivity index (χ4n) is 3.13. The highest BCUT2D eigenvalue weighted by Crippen LogP contribution is 2.28. The average molecular weight is 371 g/mol. The molecule has 0 saturated carbocycles. The van der Waals surface area contributed by atoms with Crippen molar-refractivity contribution >= 4 is 23.4 Å². The maximum atomic E-state index is 12.6. The summed E-state index contributed by atoms with van der Waals surface area (Å²) in [5.41, 5.74) is 3.66. The fourth-order valence-corrected chi connectivity index (χ4v) is 4.02. The van der Waals surface area contributed by atoms with Crippen LogP contribution in [0.1, 0.15) is 11.1 Å². The maximum absolute atomic E-state index is 12.6. The molecule has 2 aromatic rings. The number of para-hydroxylation sites is 2. The van der Waals surface area contributed by atoms with Gasteiger partial charge in [-0.15, -0.1) is 11.8 Å². The van der Waals surface area contributed by atoms with Crippen molar-refractivity contribution in [1.29, 1.82) is 0 Å². The molecule has 138 valence electrons. The normalized spacial score (nSPS) is 14.4. The Kier molecular flexibility index (Phi) is 6.09. The number of methoxy groups -OCH3 is 1. The maximum Gasteiger partial charge on any atom is 0.233 e. The highest BCUT2D eigenvalue weighted by atomic mass is 32.2. The first-order valence-electron chi connectivity index (χ1n) is 8.94. The van der Waals surface area contributed by atoms with E-state index in [0.717, 1.165) is 42.5 Å². The standard InChI is InChI=1S/C21H26N2O2S/c1-16-8-9-18(14-17(16)2)26-15-21(24)23-12-10-22(11-13-23)19-6-4-5-7-20(19)25-3/h4-9,14H,10-13,15H2,1-3H3. The zero-order valence-corrected chi connectivity index (χ0v) is 16.5. The molecular weight excluding hydrogens is 344 g/mol. The molecule has 0 atom stereocenters. The Balaban J connectivity index is 1.52. The van der Waals surface area contributed by atoms with Gasteiger partial charge in [-0.3, -0.25) is 4.79 Å². The number of amides is 1. The molecule has 1 saturated heterocycles. The molecule has 1 fully saturated rings. The number of hydrogen-bond acceptors (Lipinski definition) is 4. The lowest BCUT2D eigenvalue weighted by molar-refractivity contribution is -0.128. The van der Waals surface area contributed by atoms with Crippen LogP contribution in [0.25, 0.3) is 0 Å². The van der Waals surface area contributed by atoms with Crippen molar-refractivity contribution in [2.45, 2.75) is 18.7 Å². The lowest BCUT2D eigenvalue weighted by Gasteiger charge is -2.36. The molecule has 0 radical (unpaired) electrons. The second kappa shape index (κ2) is 8.49. The molecule has 4 nitrogen and oxygen atoms in total. The Morgan fingerprint density at radius 1 is 1.04 bits per heavy atom. The summed E-state index contributed by atoms with van der Waals surface area (Å²) in [5, 5.41) is 0. The SMILES string of the molecule is COc1ccccc1N1CCN(C(=O)CSc2ccc(C)c(C)c2)CC1. The van der Waals surface area contributed by atoms with Gasteiger partial charge in [0.05, 0.1) is 18.6 Å². The van der Waals surface area contributed by atoms with E-state index in [4.69, 9.17) is 4.74 Å². The highest BCUT2D eigenvalue weighted by Gasteiger charge is 2.22. The quantitative estimate of drug-likeness (QED) is 0.751. The van der Waals surface area contributed by atoms with E-state index < -0.39 is 0 Å². The molecule has 1 heterocycles. The van der Waals surface area contributed by atoms with Crippen LogP contribution in [-0.4, -0.2) is 49.8 Å². The van der Waals surface area contributed by atoms with Crippen LogP contribution >= 0.6 is 11.8 Å². The van der Waals surface area contributed by atoms with E-state index in [9.17, 15) is 4.79 Å². The molecule has 0 N–H and O–H groups in total. The molecule has 1 aliphatic rings. The van der Waals surface area contributed by atoms with E-state index in [2.05, 4.69) is 43.0 Å². The number of carbonyl (C=O) groups excluding carboxylic acids is 1. The summed E-state index contributed by atoms with van der Waals surface area (Å²) in [6.07, 6.45) is 0. The second-order valence-corrected chi connectivity index (χ2v) is 7.62. The summed E-state index contributed by atoms with van der Waals surface area (Å²) in [7, 11) is 1.70. The number of nitrogens with zero attached hydrogens (tertiary/aromatic N) is 2. The van der Waals surface area contributed by atoms with Crippen molar-refractivity contribution in [2.75, 3.05) is 43.9 Å². The van der Waals surface area contributed by atoms with Crippen LogP contribution in [0.5, 0.6) is 5.75 Å². The number of anilines is 1. The summed E-state index contributed by atoms with van der Waals surface area (Å²) < 4.78 is 5.45. The molecule has 26 heavy (non-hydrogen) atoms. The lowest BCUT2D eigenvalue weighted by Crippen LogP contribution is -2.49. The van der Waals surface area contributed by atoms with Crippen molar-refractivity contribution in [3.05, 3.63) is 53.6 Å². The molecule has 2 aromatic carbocycles.